The quantitative estimate of drug-likeness (QED) is 0.804. The number of nitrogens with one attached hydrogen (secondary N) is 1. The molecule has 0 amide bonds. The third kappa shape index (κ3) is 1.85. The van der Waals surface area contributed by atoms with Crippen LogP contribution < -0.4 is 0 Å². The van der Waals surface area contributed by atoms with Gasteiger partial charge in [0, 0.05) is 25.7 Å². The third-order valence-corrected chi connectivity index (χ3v) is 2.42. The Morgan fingerprint density at radius 1 is 1.53 bits per heavy atom. The molecule has 0 unspecified atom stereocenters. The lowest BCUT2D eigenvalue weighted by molar-refractivity contribution is 0.731. The molecule has 0 fully saturated rings. The molecule has 0 aliphatic carbocycles. The van der Waals surface area contributed by atoms with Crippen LogP contribution in [0, 0.1) is 4.77 Å². The molecule has 0 spiro atoms. The fourth-order valence-corrected chi connectivity index (χ4v) is 1.72. The van der Waals surface area contributed by atoms with E-state index in [2.05, 4.69) is 22.2 Å². The van der Waals surface area contributed by atoms with Gasteiger partial charge in [0.15, 0.2) is 5.82 Å². The number of aromatic amines is 1. The molecule has 0 aliphatic heterocycles. The van der Waals surface area contributed by atoms with Crippen molar-refractivity contribution < 1.29 is 0 Å². The Bertz CT molecular complexity index is 507. The molecule has 0 atom stereocenters. The zero-order chi connectivity index (χ0) is 10.8. The van der Waals surface area contributed by atoms with E-state index in [0.717, 1.165) is 24.5 Å². The Hall–Kier alpha value is -1.43. The van der Waals surface area contributed by atoms with E-state index in [4.69, 9.17) is 12.2 Å². The fraction of sp³-hybridized carbons (Fsp3) is 0.444. The summed E-state index contributed by atoms with van der Waals surface area (Å²) in [4.78, 5) is 0. The van der Waals surface area contributed by atoms with Gasteiger partial charge in [-0.2, -0.15) is 10.2 Å². The number of hydrogen-bond acceptors (Lipinski definition) is 3. The Morgan fingerprint density at radius 3 is 2.93 bits per heavy atom. The van der Waals surface area contributed by atoms with Crippen molar-refractivity contribution in [2.45, 2.75) is 19.8 Å². The molecule has 1 N–H and O–H groups in total. The minimum atomic E-state index is 0.595. The van der Waals surface area contributed by atoms with Gasteiger partial charge >= 0.3 is 0 Å². The lowest BCUT2D eigenvalue weighted by Crippen LogP contribution is -2.02. The molecule has 0 saturated carbocycles. The lowest BCUT2D eigenvalue weighted by Gasteiger charge is -2.00. The molecule has 15 heavy (non-hydrogen) atoms. The lowest BCUT2D eigenvalue weighted by atomic mass is 10.3. The smallest absolute Gasteiger partial charge is 0.201 e. The molecule has 6 heteroatoms. The van der Waals surface area contributed by atoms with Gasteiger partial charge in [-0.25, -0.2) is 0 Å². The summed E-state index contributed by atoms with van der Waals surface area (Å²) in [5.41, 5.74) is 0. The van der Waals surface area contributed by atoms with E-state index < -0.39 is 0 Å². The first kappa shape index (κ1) is 10.1. The van der Waals surface area contributed by atoms with Crippen molar-refractivity contribution in [2.75, 3.05) is 0 Å². The van der Waals surface area contributed by atoms with Crippen LogP contribution in [-0.4, -0.2) is 24.5 Å². The normalized spacial score (nSPS) is 10.8. The predicted octanol–water partition coefficient (Wildman–Crippen LogP) is 1.62. The highest BCUT2D eigenvalue weighted by molar-refractivity contribution is 7.71. The van der Waals surface area contributed by atoms with Gasteiger partial charge in [0.05, 0.1) is 0 Å². The van der Waals surface area contributed by atoms with Gasteiger partial charge in [-0.15, -0.1) is 0 Å². The maximum Gasteiger partial charge on any atom is 0.201 e. The number of hydrogen-bond donors (Lipinski definition) is 1. The molecule has 0 saturated heterocycles. The highest BCUT2D eigenvalue weighted by Crippen LogP contribution is 2.09. The van der Waals surface area contributed by atoms with Crippen LogP contribution in [0.4, 0.5) is 0 Å². The summed E-state index contributed by atoms with van der Waals surface area (Å²) in [6, 6.07) is 1.92. The number of aromatic nitrogens is 5. The Balaban J connectivity index is 2.50. The number of H-pyrrole nitrogens is 1. The van der Waals surface area contributed by atoms with Crippen LogP contribution in [0.15, 0.2) is 12.3 Å². The molecule has 0 aliphatic rings. The van der Waals surface area contributed by atoms with E-state index >= 15 is 0 Å². The minimum absolute atomic E-state index is 0.595. The van der Waals surface area contributed by atoms with E-state index in [1.54, 1.807) is 4.68 Å². The van der Waals surface area contributed by atoms with Crippen LogP contribution in [0.1, 0.15) is 19.2 Å². The second-order valence-electron chi connectivity index (χ2n) is 3.38. The van der Waals surface area contributed by atoms with Crippen molar-refractivity contribution in [3.8, 4) is 5.82 Å². The van der Waals surface area contributed by atoms with Gasteiger partial charge in [-0.1, -0.05) is 6.92 Å². The molecule has 2 aromatic heterocycles. The monoisotopic (exact) mass is 223 g/mol. The molecular weight excluding hydrogens is 210 g/mol. The standard InChI is InChI=1S/C9H13N5S/c1-3-4-7-10-11-9(15)14(7)8-5-6-13(2)12-8/h5-6H,3-4H2,1-2H3,(H,11,15). The molecule has 2 heterocycles. The van der Waals surface area contributed by atoms with Crippen molar-refractivity contribution in [3.63, 3.8) is 0 Å². The summed E-state index contributed by atoms with van der Waals surface area (Å²) in [5, 5.41) is 11.3. The first-order valence-electron chi connectivity index (χ1n) is 4.88. The first-order valence-corrected chi connectivity index (χ1v) is 5.29. The largest absolute Gasteiger partial charge is 0.274 e. The third-order valence-electron chi connectivity index (χ3n) is 2.14. The van der Waals surface area contributed by atoms with Crippen molar-refractivity contribution in [1.29, 1.82) is 0 Å². The van der Waals surface area contributed by atoms with Crippen LogP contribution in [-0.2, 0) is 13.5 Å². The predicted molar refractivity (Wildman–Crippen MR) is 59.5 cm³/mol. The number of rotatable bonds is 3. The average Bonchev–Trinajstić information content (AvgIpc) is 2.74. The van der Waals surface area contributed by atoms with Crippen LogP contribution >= 0.6 is 12.2 Å². The Morgan fingerprint density at radius 2 is 2.33 bits per heavy atom. The van der Waals surface area contributed by atoms with Crippen LogP contribution in [0.25, 0.3) is 5.82 Å². The molecule has 0 aromatic carbocycles. The Kier molecular flexibility index (Phi) is 2.68. The maximum absolute atomic E-state index is 5.17. The van der Waals surface area contributed by atoms with Gasteiger partial charge in [-0.05, 0) is 18.6 Å². The van der Waals surface area contributed by atoms with Crippen LogP contribution in [0.5, 0.6) is 0 Å². The maximum atomic E-state index is 5.17. The van der Waals surface area contributed by atoms with E-state index in [1.165, 1.54) is 0 Å². The fourth-order valence-electron chi connectivity index (χ4n) is 1.48. The van der Waals surface area contributed by atoms with Gasteiger partial charge < -0.3 is 0 Å². The summed E-state index contributed by atoms with van der Waals surface area (Å²) in [6.45, 7) is 2.11. The van der Waals surface area contributed by atoms with E-state index in [0.29, 0.717) is 4.77 Å². The van der Waals surface area contributed by atoms with Gasteiger partial charge in [0.25, 0.3) is 0 Å². The zero-order valence-electron chi connectivity index (χ0n) is 8.77. The topological polar surface area (TPSA) is 51.4 Å². The van der Waals surface area contributed by atoms with Crippen molar-refractivity contribution in [3.05, 3.63) is 22.9 Å². The summed E-state index contributed by atoms with van der Waals surface area (Å²) in [6.07, 6.45) is 3.82. The summed E-state index contributed by atoms with van der Waals surface area (Å²) in [7, 11) is 1.88. The number of nitrogens with zero attached hydrogens (tertiary/aromatic N) is 4. The van der Waals surface area contributed by atoms with Crippen LogP contribution in [0.2, 0.25) is 0 Å². The highest BCUT2D eigenvalue weighted by Gasteiger charge is 2.08. The summed E-state index contributed by atoms with van der Waals surface area (Å²) in [5.74, 6) is 1.75. The highest BCUT2D eigenvalue weighted by atomic mass is 32.1. The summed E-state index contributed by atoms with van der Waals surface area (Å²) < 4.78 is 4.22. The molecule has 0 radical (unpaired) electrons. The minimum Gasteiger partial charge on any atom is -0.274 e. The molecule has 0 bridgehead atoms. The van der Waals surface area contributed by atoms with Crippen molar-refractivity contribution in [1.82, 2.24) is 24.5 Å². The SMILES string of the molecule is CCCc1n[nH]c(=S)n1-c1ccn(C)n1. The van der Waals surface area contributed by atoms with Gasteiger partial charge in [0.1, 0.15) is 5.82 Å². The molecule has 80 valence electrons. The summed E-state index contributed by atoms with van der Waals surface area (Å²) >= 11 is 5.17. The van der Waals surface area contributed by atoms with Crippen molar-refractivity contribution in [2.24, 2.45) is 7.05 Å². The second-order valence-corrected chi connectivity index (χ2v) is 3.76. The Labute approximate surface area is 92.7 Å². The van der Waals surface area contributed by atoms with Crippen molar-refractivity contribution >= 4 is 12.2 Å². The zero-order valence-corrected chi connectivity index (χ0v) is 9.58. The molecule has 2 aromatic rings. The number of aryl methyl sites for hydroxylation is 2. The first-order chi connectivity index (χ1) is 7.22. The molecular formula is C9H13N5S. The van der Waals surface area contributed by atoms with Crippen LogP contribution in [0.3, 0.4) is 0 Å². The van der Waals surface area contributed by atoms with Gasteiger partial charge in [-0.3, -0.25) is 14.3 Å². The molecule has 2 rings (SSSR count). The van der Waals surface area contributed by atoms with E-state index in [-0.39, 0.29) is 0 Å². The average molecular weight is 223 g/mol. The van der Waals surface area contributed by atoms with E-state index in [9.17, 15) is 0 Å². The van der Waals surface area contributed by atoms with E-state index in [1.807, 2.05) is 23.9 Å². The molecule has 5 nitrogen and oxygen atoms in total. The van der Waals surface area contributed by atoms with Gasteiger partial charge in [0.2, 0.25) is 4.77 Å². The second kappa shape index (κ2) is 3.98.